The molecular formula is C22H27ClN2O3. The minimum atomic E-state index is -0.167. The smallest absolute Gasteiger partial charge is 0.305 e. The summed E-state index contributed by atoms with van der Waals surface area (Å²) in [5.41, 5.74) is 1.12. The van der Waals surface area contributed by atoms with Gasteiger partial charge in [-0.3, -0.25) is 9.59 Å². The second-order valence-corrected chi connectivity index (χ2v) is 7.87. The third kappa shape index (κ3) is 5.61. The predicted molar refractivity (Wildman–Crippen MR) is 109 cm³/mol. The molecule has 1 atom stereocenters. The van der Waals surface area contributed by atoms with Gasteiger partial charge in [0.15, 0.2) is 0 Å². The summed E-state index contributed by atoms with van der Waals surface area (Å²) in [7, 11) is 1.42. The van der Waals surface area contributed by atoms with Crippen LogP contribution in [-0.4, -0.2) is 41.5 Å². The SMILES string of the molecule is COC(=O)CC1CCN(C(=O)C[C@@H](Cn2cccc2)c2ccc(Cl)cc2)CC1. The highest BCUT2D eigenvalue weighted by molar-refractivity contribution is 6.30. The number of hydrogen-bond donors (Lipinski definition) is 0. The standard InChI is InChI=1S/C22H27ClN2O3/c1-28-22(27)14-17-8-12-25(13-9-17)21(26)15-19(16-24-10-2-3-11-24)18-4-6-20(23)7-5-18/h2-7,10-11,17,19H,8-9,12-16H2,1H3/t19-/m0/s1. The first-order valence-corrected chi connectivity index (χ1v) is 10.1. The Morgan fingerprint density at radius 2 is 1.79 bits per heavy atom. The van der Waals surface area contributed by atoms with Crippen molar-refractivity contribution in [2.45, 2.75) is 38.1 Å². The Labute approximate surface area is 171 Å². The maximum Gasteiger partial charge on any atom is 0.305 e. The van der Waals surface area contributed by atoms with Gasteiger partial charge in [0, 0.05) is 55.8 Å². The highest BCUT2D eigenvalue weighted by Crippen LogP contribution is 2.27. The summed E-state index contributed by atoms with van der Waals surface area (Å²) < 4.78 is 6.86. The van der Waals surface area contributed by atoms with Crippen molar-refractivity contribution in [1.82, 2.24) is 9.47 Å². The summed E-state index contributed by atoms with van der Waals surface area (Å²) in [6.45, 7) is 2.16. The number of rotatable bonds is 7. The monoisotopic (exact) mass is 402 g/mol. The predicted octanol–water partition coefficient (Wildman–Crippen LogP) is 4.12. The molecule has 0 radical (unpaired) electrons. The summed E-state index contributed by atoms with van der Waals surface area (Å²) in [4.78, 5) is 26.4. The number of benzene rings is 1. The molecule has 0 aliphatic carbocycles. The molecule has 0 spiro atoms. The van der Waals surface area contributed by atoms with Crippen LogP contribution in [0.15, 0.2) is 48.8 Å². The fourth-order valence-electron chi connectivity index (χ4n) is 3.81. The Kier molecular flexibility index (Phi) is 7.15. The number of hydrogen-bond acceptors (Lipinski definition) is 3. The lowest BCUT2D eigenvalue weighted by molar-refractivity contribution is -0.142. The molecule has 1 saturated heterocycles. The molecule has 2 aromatic rings. The maximum atomic E-state index is 13.0. The number of halogens is 1. The van der Waals surface area contributed by atoms with Crippen LogP contribution in [0, 0.1) is 5.92 Å². The van der Waals surface area contributed by atoms with Crippen LogP contribution in [0.1, 0.15) is 37.2 Å². The van der Waals surface area contributed by atoms with E-state index in [4.69, 9.17) is 16.3 Å². The fraction of sp³-hybridized carbons (Fsp3) is 0.455. The van der Waals surface area contributed by atoms with Gasteiger partial charge in [0.1, 0.15) is 0 Å². The van der Waals surface area contributed by atoms with E-state index in [0.717, 1.165) is 24.9 Å². The van der Waals surface area contributed by atoms with Crippen molar-refractivity contribution in [3.05, 3.63) is 59.4 Å². The molecule has 2 heterocycles. The largest absolute Gasteiger partial charge is 0.469 e. The molecule has 1 amide bonds. The minimum Gasteiger partial charge on any atom is -0.469 e. The van der Waals surface area contributed by atoms with Gasteiger partial charge in [0.25, 0.3) is 0 Å². The molecule has 0 bridgehead atoms. The lowest BCUT2D eigenvalue weighted by Crippen LogP contribution is -2.39. The summed E-state index contributed by atoms with van der Waals surface area (Å²) in [6.07, 6.45) is 6.65. The van der Waals surface area contributed by atoms with Crippen molar-refractivity contribution in [1.29, 1.82) is 0 Å². The van der Waals surface area contributed by atoms with Gasteiger partial charge in [0.2, 0.25) is 5.91 Å². The number of methoxy groups -OCH3 is 1. The first-order valence-electron chi connectivity index (χ1n) is 9.76. The molecule has 1 fully saturated rings. The lowest BCUT2D eigenvalue weighted by Gasteiger charge is -2.32. The van der Waals surface area contributed by atoms with Crippen molar-refractivity contribution in [3.8, 4) is 0 Å². The highest BCUT2D eigenvalue weighted by atomic mass is 35.5. The third-order valence-corrected chi connectivity index (χ3v) is 5.76. The molecule has 28 heavy (non-hydrogen) atoms. The van der Waals surface area contributed by atoms with E-state index < -0.39 is 0 Å². The van der Waals surface area contributed by atoms with Gasteiger partial charge in [-0.2, -0.15) is 0 Å². The van der Waals surface area contributed by atoms with Gasteiger partial charge in [-0.1, -0.05) is 23.7 Å². The normalized spacial score (nSPS) is 16.0. The molecule has 1 aliphatic heterocycles. The molecule has 150 valence electrons. The van der Waals surface area contributed by atoms with E-state index >= 15 is 0 Å². The molecule has 3 rings (SSSR count). The Bertz CT molecular complexity index is 766. The van der Waals surface area contributed by atoms with Crippen LogP contribution in [0.25, 0.3) is 0 Å². The number of ether oxygens (including phenoxy) is 1. The van der Waals surface area contributed by atoms with Gasteiger partial charge >= 0.3 is 5.97 Å². The topological polar surface area (TPSA) is 51.5 Å². The Hall–Kier alpha value is -2.27. The van der Waals surface area contributed by atoms with E-state index in [1.165, 1.54) is 7.11 Å². The van der Waals surface area contributed by atoms with Crippen LogP contribution in [0.5, 0.6) is 0 Å². The molecule has 0 saturated carbocycles. The van der Waals surface area contributed by atoms with Crippen molar-refractivity contribution < 1.29 is 14.3 Å². The van der Waals surface area contributed by atoms with Crippen molar-refractivity contribution >= 4 is 23.5 Å². The van der Waals surface area contributed by atoms with Crippen molar-refractivity contribution in [2.75, 3.05) is 20.2 Å². The number of likely N-dealkylation sites (tertiary alicyclic amines) is 1. The van der Waals surface area contributed by atoms with E-state index in [-0.39, 0.29) is 17.8 Å². The maximum absolute atomic E-state index is 13.0. The molecule has 0 unspecified atom stereocenters. The Balaban J connectivity index is 1.61. The second kappa shape index (κ2) is 9.78. The molecule has 6 heteroatoms. The van der Waals surface area contributed by atoms with Crippen LogP contribution >= 0.6 is 11.6 Å². The van der Waals surface area contributed by atoms with Gasteiger partial charge in [-0.15, -0.1) is 0 Å². The van der Waals surface area contributed by atoms with Gasteiger partial charge in [0.05, 0.1) is 7.11 Å². The summed E-state index contributed by atoms with van der Waals surface area (Å²) in [6, 6.07) is 11.8. The number of nitrogens with zero attached hydrogens (tertiary/aromatic N) is 2. The number of esters is 1. The highest BCUT2D eigenvalue weighted by Gasteiger charge is 2.26. The molecule has 1 aromatic carbocycles. The number of piperidine rings is 1. The van der Waals surface area contributed by atoms with Crippen LogP contribution in [0.3, 0.4) is 0 Å². The summed E-state index contributed by atoms with van der Waals surface area (Å²) >= 11 is 6.03. The third-order valence-electron chi connectivity index (χ3n) is 5.51. The van der Waals surface area contributed by atoms with Crippen LogP contribution in [0.4, 0.5) is 0 Å². The van der Waals surface area contributed by atoms with Crippen molar-refractivity contribution in [3.63, 3.8) is 0 Å². The van der Waals surface area contributed by atoms with E-state index in [9.17, 15) is 9.59 Å². The van der Waals surface area contributed by atoms with Crippen LogP contribution in [0.2, 0.25) is 5.02 Å². The number of amides is 1. The first-order chi connectivity index (χ1) is 13.5. The first kappa shape index (κ1) is 20.5. The zero-order valence-corrected chi connectivity index (χ0v) is 17.0. The molecule has 0 N–H and O–H groups in total. The van der Waals surface area contributed by atoms with E-state index in [1.807, 2.05) is 53.7 Å². The van der Waals surface area contributed by atoms with Gasteiger partial charge in [-0.05, 0) is 48.6 Å². The number of carbonyl (C=O) groups is 2. The van der Waals surface area contributed by atoms with Gasteiger partial charge in [-0.25, -0.2) is 0 Å². The van der Waals surface area contributed by atoms with Crippen molar-refractivity contribution in [2.24, 2.45) is 5.92 Å². The zero-order valence-electron chi connectivity index (χ0n) is 16.2. The average Bonchev–Trinajstić information content (AvgIpc) is 3.21. The summed E-state index contributed by atoms with van der Waals surface area (Å²) in [5, 5.41) is 0.697. The quantitative estimate of drug-likeness (QED) is 0.654. The second-order valence-electron chi connectivity index (χ2n) is 7.44. The zero-order chi connectivity index (χ0) is 19.9. The van der Waals surface area contributed by atoms with Gasteiger partial charge < -0.3 is 14.2 Å². The fourth-order valence-corrected chi connectivity index (χ4v) is 3.94. The summed E-state index contributed by atoms with van der Waals surface area (Å²) in [5.74, 6) is 0.399. The van der Waals surface area contributed by atoms with Crippen LogP contribution < -0.4 is 0 Å². The minimum absolute atomic E-state index is 0.0879. The lowest BCUT2D eigenvalue weighted by atomic mass is 9.91. The molecule has 1 aliphatic rings. The van der Waals surface area contributed by atoms with E-state index in [1.54, 1.807) is 0 Å². The molecule has 5 nitrogen and oxygen atoms in total. The molecule has 1 aromatic heterocycles. The number of carbonyl (C=O) groups excluding carboxylic acids is 2. The van der Waals surface area contributed by atoms with Crippen LogP contribution in [-0.2, 0) is 20.9 Å². The number of aromatic nitrogens is 1. The Morgan fingerprint density at radius 1 is 1.14 bits per heavy atom. The average molecular weight is 403 g/mol. The Morgan fingerprint density at radius 3 is 2.39 bits per heavy atom. The van der Waals surface area contributed by atoms with E-state index in [0.29, 0.717) is 36.9 Å². The molecular weight excluding hydrogens is 376 g/mol. The van der Waals surface area contributed by atoms with E-state index in [2.05, 4.69) is 4.57 Å².